The highest BCUT2D eigenvalue weighted by atomic mass is 32.2. The Morgan fingerprint density at radius 3 is 2.54 bits per heavy atom. The number of aromatic nitrogens is 1. The molecular formula is C15H15F2N3O3S. The number of pyridine rings is 1. The molecule has 1 aromatic carbocycles. The molecule has 0 aliphatic carbocycles. The molecule has 0 saturated carbocycles. The lowest BCUT2D eigenvalue weighted by Crippen LogP contribution is -2.28. The van der Waals surface area contributed by atoms with Crippen molar-refractivity contribution in [2.45, 2.75) is 18.2 Å². The van der Waals surface area contributed by atoms with Gasteiger partial charge in [0, 0.05) is 19.2 Å². The summed E-state index contributed by atoms with van der Waals surface area (Å²) < 4.78 is 51.9. The lowest BCUT2D eigenvalue weighted by molar-refractivity contribution is -0.116. The number of hydrogen-bond acceptors (Lipinski definition) is 4. The van der Waals surface area contributed by atoms with Crippen molar-refractivity contribution in [3.8, 4) is 0 Å². The minimum absolute atomic E-state index is 0.140. The normalized spacial score (nSPS) is 11.3. The third-order valence-electron chi connectivity index (χ3n) is 3.02. The molecule has 24 heavy (non-hydrogen) atoms. The van der Waals surface area contributed by atoms with E-state index in [1.165, 1.54) is 0 Å². The van der Waals surface area contributed by atoms with Gasteiger partial charge < -0.3 is 5.32 Å². The van der Waals surface area contributed by atoms with E-state index in [4.69, 9.17) is 0 Å². The van der Waals surface area contributed by atoms with Crippen molar-refractivity contribution < 1.29 is 22.0 Å². The summed E-state index contributed by atoms with van der Waals surface area (Å²) in [6.07, 6.45) is 1.44. The molecule has 0 saturated heterocycles. The highest BCUT2D eigenvalue weighted by Crippen LogP contribution is 2.13. The van der Waals surface area contributed by atoms with Gasteiger partial charge in [-0.1, -0.05) is 6.07 Å². The lowest BCUT2D eigenvalue weighted by Gasteiger charge is -2.08. The van der Waals surface area contributed by atoms with Crippen LogP contribution >= 0.6 is 0 Å². The quantitative estimate of drug-likeness (QED) is 0.829. The van der Waals surface area contributed by atoms with Gasteiger partial charge in [-0.3, -0.25) is 4.79 Å². The Labute approximate surface area is 138 Å². The van der Waals surface area contributed by atoms with Crippen LogP contribution in [0.5, 0.6) is 0 Å². The molecule has 128 valence electrons. The second-order valence-corrected chi connectivity index (χ2v) is 6.76. The molecule has 0 fully saturated rings. The zero-order chi connectivity index (χ0) is 17.7. The van der Waals surface area contributed by atoms with Gasteiger partial charge in [0.1, 0.15) is 5.82 Å². The maximum Gasteiger partial charge on any atom is 0.240 e. The summed E-state index contributed by atoms with van der Waals surface area (Å²) in [5, 5.41) is 2.52. The summed E-state index contributed by atoms with van der Waals surface area (Å²) in [5.74, 6) is -2.48. The molecule has 9 heteroatoms. The van der Waals surface area contributed by atoms with Crippen LogP contribution in [0, 0.1) is 18.6 Å². The van der Waals surface area contributed by atoms with Crippen LogP contribution in [-0.4, -0.2) is 25.9 Å². The van der Waals surface area contributed by atoms with Crippen molar-refractivity contribution in [3.63, 3.8) is 0 Å². The summed E-state index contributed by atoms with van der Waals surface area (Å²) >= 11 is 0. The molecule has 0 spiro atoms. The minimum atomic E-state index is -4.03. The first kappa shape index (κ1) is 18.0. The second-order valence-electron chi connectivity index (χ2n) is 4.99. The Bertz CT molecular complexity index is 840. The Kier molecular flexibility index (Phi) is 5.58. The van der Waals surface area contributed by atoms with E-state index in [0.717, 1.165) is 17.7 Å². The number of sulfonamides is 1. The third-order valence-corrected chi connectivity index (χ3v) is 4.48. The highest BCUT2D eigenvalue weighted by Gasteiger charge is 2.16. The number of benzene rings is 1. The van der Waals surface area contributed by atoms with Gasteiger partial charge in [-0.25, -0.2) is 26.9 Å². The Balaban J connectivity index is 1.89. The largest absolute Gasteiger partial charge is 0.311 e. The second kappa shape index (κ2) is 7.45. The number of hydrogen-bond donors (Lipinski definition) is 2. The predicted octanol–water partition coefficient (Wildman–Crippen LogP) is 1.98. The molecule has 6 nitrogen and oxygen atoms in total. The number of amides is 1. The molecule has 2 aromatic rings. The Hall–Kier alpha value is -2.39. The average Bonchev–Trinajstić information content (AvgIpc) is 2.52. The monoisotopic (exact) mass is 355 g/mol. The van der Waals surface area contributed by atoms with Crippen LogP contribution < -0.4 is 10.0 Å². The van der Waals surface area contributed by atoms with Crippen LogP contribution in [-0.2, 0) is 14.8 Å². The standard InChI is InChI=1S/C15H15F2N3O3S/c1-10-2-5-14(18-9-10)20-15(21)6-7-19-24(22,23)11-3-4-12(16)13(17)8-11/h2-5,8-9,19H,6-7H2,1H3,(H,18,20,21). The van der Waals surface area contributed by atoms with Crippen molar-refractivity contribution in [1.82, 2.24) is 9.71 Å². The molecule has 1 aromatic heterocycles. The fourth-order valence-electron chi connectivity index (χ4n) is 1.77. The molecule has 0 aliphatic rings. The smallest absolute Gasteiger partial charge is 0.240 e. The number of halogens is 2. The van der Waals surface area contributed by atoms with Gasteiger partial charge in [-0.15, -0.1) is 0 Å². The molecule has 2 N–H and O–H groups in total. The Morgan fingerprint density at radius 1 is 1.17 bits per heavy atom. The molecule has 0 aliphatic heterocycles. The van der Waals surface area contributed by atoms with Crippen LogP contribution in [0.1, 0.15) is 12.0 Å². The number of nitrogens with zero attached hydrogens (tertiary/aromatic N) is 1. The van der Waals surface area contributed by atoms with Crippen molar-refractivity contribution in [2.24, 2.45) is 0 Å². The van der Waals surface area contributed by atoms with Crippen molar-refractivity contribution in [3.05, 3.63) is 53.7 Å². The maximum atomic E-state index is 13.1. The molecule has 1 heterocycles. The van der Waals surface area contributed by atoms with Gasteiger partial charge in [-0.05, 0) is 36.8 Å². The number of anilines is 1. The van der Waals surface area contributed by atoms with E-state index in [2.05, 4.69) is 15.0 Å². The first-order valence-electron chi connectivity index (χ1n) is 6.95. The zero-order valence-corrected chi connectivity index (χ0v) is 13.5. The first-order valence-corrected chi connectivity index (χ1v) is 8.43. The number of aryl methyl sites for hydroxylation is 1. The van der Waals surface area contributed by atoms with E-state index in [1.54, 1.807) is 18.3 Å². The predicted molar refractivity (Wildman–Crippen MR) is 83.8 cm³/mol. The Morgan fingerprint density at radius 2 is 1.92 bits per heavy atom. The summed E-state index contributed by atoms with van der Waals surface area (Å²) in [4.78, 5) is 15.3. The molecular weight excluding hydrogens is 340 g/mol. The summed E-state index contributed by atoms with van der Waals surface area (Å²) in [6, 6.07) is 5.64. The van der Waals surface area contributed by atoms with Gasteiger partial charge in [-0.2, -0.15) is 0 Å². The third kappa shape index (κ3) is 4.80. The van der Waals surface area contributed by atoms with E-state index in [0.29, 0.717) is 11.9 Å². The fourth-order valence-corrected chi connectivity index (χ4v) is 2.82. The molecule has 0 radical (unpaired) electrons. The number of nitrogens with one attached hydrogen (secondary N) is 2. The van der Waals surface area contributed by atoms with Crippen molar-refractivity contribution in [2.75, 3.05) is 11.9 Å². The van der Waals surface area contributed by atoms with Gasteiger partial charge >= 0.3 is 0 Å². The van der Waals surface area contributed by atoms with Crippen LogP contribution in [0.15, 0.2) is 41.4 Å². The fraction of sp³-hybridized carbons (Fsp3) is 0.200. The summed E-state index contributed by atoms with van der Waals surface area (Å²) in [5.41, 5.74) is 0.937. The zero-order valence-electron chi connectivity index (χ0n) is 12.7. The van der Waals surface area contributed by atoms with Gasteiger partial charge in [0.15, 0.2) is 11.6 Å². The van der Waals surface area contributed by atoms with Crippen LogP contribution in [0.25, 0.3) is 0 Å². The molecule has 1 amide bonds. The van der Waals surface area contributed by atoms with Gasteiger partial charge in [0.05, 0.1) is 4.90 Å². The van der Waals surface area contributed by atoms with E-state index in [1.807, 2.05) is 6.92 Å². The summed E-state index contributed by atoms with van der Waals surface area (Å²) in [7, 11) is -4.03. The van der Waals surface area contributed by atoms with Crippen molar-refractivity contribution in [1.29, 1.82) is 0 Å². The van der Waals surface area contributed by atoms with Gasteiger partial charge in [0.25, 0.3) is 0 Å². The average molecular weight is 355 g/mol. The van der Waals surface area contributed by atoms with E-state index < -0.39 is 32.5 Å². The summed E-state index contributed by atoms with van der Waals surface area (Å²) in [6.45, 7) is 1.66. The van der Waals surface area contributed by atoms with E-state index >= 15 is 0 Å². The van der Waals surface area contributed by atoms with Crippen LogP contribution in [0.4, 0.5) is 14.6 Å². The van der Waals surface area contributed by atoms with Gasteiger partial charge in [0.2, 0.25) is 15.9 Å². The number of carbonyl (C=O) groups is 1. The number of rotatable bonds is 6. The molecule has 0 bridgehead atoms. The lowest BCUT2D eigenvalue weighted by atomic mass is 10.3. The van der Waals surface area contributed by atoms with E-state index in [-0.39, 0.29) is 13.0 Å². The number of carbonyl (C=O) groups excluding carboxylic acids is 1. The van der Waals surface area contributed by atoms with E-state index in [9.17, 15) is 22.0 Å². The first-order chi connectivity index (χ1) is 11.3. The molecule has 2 rings (SSSR count). The SMILES string of the molecule is Cc1ccc(NC(=O)CCNS(=O)(=O)c2ccc(F)c(F)c2)nc1. The van der Waals surface area contributed by atoms with Crippen molar-refractivity contribution >= 4 is 21.7 Å². The van der Waals surface area contributed by atoms with Crippen LogP contribution in [0.3, 0.4) is 0 Å². The molecule has 0 unspecified atom stereocenters. The van der Waals surface area contributed by atoms with Crippen LogP contribution in [0.2, 0.25) is 0 Å². The molecule has 0 atom stereocenters. The topological polar surface area (TPSA) is 88.2 Å². The minimum Gasteiger partial charge on any atom is -0.311 e. The highest BCUT2D eigenvalue weighted by molar-refractivity contribution is 7.89. The maximum absolute atomic E-state index is 13.1.